The van der Waals surface area contributed by atoms with E-state index in [2.05, 4.69) is 32.7 Å². The molecule has 0 atom stereocenters. The first-order valence-corrected chi connectivity index (χ1v) is 8.32. The van der Waals surface area contributed by atoms with Gasteiger partial charge in [-0.15, -0.1) is 13.2 Å². The second-order valence-corrected chi connectivity index (χ2v) is 5.70. The summed E-state index contributed by atoms with van der Waals surface area (Å²) in [6, 6.07) is 5.45. The lowest BCUT2D eigenvalue weighted by atomic mass is 10.2. The fourth-order valence-electron chi connectivity index (χ4n) is 2.34. The van der Waals surface area contributed by atoms with Crippen molar-refractivity contribution < 1.29 is 17.9 Å². The van der Waals surface area contributed by atoms with Gasteiger partial charge in [0.1, 0.15) is 11.5 Å². The van der Waals surface area contributed by atoms with Crippen molar-refractivity contribution in [2.45, 2.75) is 25.6 Å². The van der Waals surface area contributed by atoms with E-state index in [0.717, 1.165) is 19.3 Å². The Morgan fingerprint density at radius 1 is 1.04 bits per heavy atom. The number of halogens is 3. The standard InChI is InChI=1S/C20H16F3N3O/c21-20(22,23)27-19-11-9-18(10-12-19)26-15-16(14-25-26)7-8-17-6-4-2-1-3-5-13-24-17/h4-6,9-15H,1-3H2/b6-4-,13-5-,24-17+. The van der Waals surface area contributed by atoms with Gasteiger partial charge in [-0.2, -0.15) is 5.10 Å². The van der Waals surface area contributed by atoms with E-state index in [9.17, 15) is 13.2 Å². The summed E-state index contributed by atoms with van der Waals surface area (Å²) in [5.74, 6) is 5.71. The van der Waals surface area contributed by atoms with Crippen LogP contribution in [-0.2, 0) is 0 Å². The lowest BCUT2D eigenvalue weighted by Crippen LogP contribution is -2.17. The van der Waals surface area contributed by atoms with Gasteiger partial charge in [0.15, 0.2) is 0 Å². The summed E-state index contributed by atoms with van der Waals surface area (Å²) in [5, 5.41) is 4.18. The molecular weight excluding hydrogens is 355 g/mol. The molecule has 0 bridgehead atoms. The molecule has 2 aromatic rings. The van der Waals surface area contributed by atoms with Crippen LogP contribution in [0.3, 0.4) is 0 Å². The molecule has 2 heterocycles. The van der Waals surface area contributed by atoms with Gasteiger partial charge in [-0.25, -0.2) is 9.67 Å². The van der Waals surface area contributed by atoms with Crippen LogP contribution in [0.5, 0.6) is 5.75 Å². The summed E-state index contributed by atoms with van der Waals surface area (Å²) in [6.45, 7) is 0. The molecule has 3 rings (SSSR count). The first-order valence-electron chi connectivity index (χ1n) is 8.32. The third kappa shape index (κ3) is 5.89. The molecule has 0 unspecified atom stereocenters. The summed E-state index contributed by atoms with van der Waals surface area (Å²) in [7, 11) is 0. The van der Waals surface area contributed by atoms with Gasteiger partial charge in [0.05, 0.1) is 17.4 Å². The van der Waals surface area contributed by atoms with E-state index in [0.29, 0.717) is 17.0 Å². The number of rotatable bonds is 2. The molecule has 0 saturated carbocycles. The molecule has 0 amide bonds. The van der Waals surface area contributed by atoms with Crippen LogP contribution in [0.25, 0.3) is 5.69 Å². The highest BCUT2D eigenvalue weighted by molar-refractivity contribution is 6.09. The number of alkyl halides is 3. The fourth-order valence-corrected chi connectivity index (χ4v) is 2.34. The molecule has 1 aliphatic heterocycles. The molecule has 0 N–H and O–H groups in total. The molecular formula is C20H16F3N3O. The maximum absolute atomic E-state index is 12.2. The number of allylic oxidation sites excluding steroid dienone is 3. The van der Waals surface area contributed by atoms with Crippen molar-refractivity contribution in [1.82, 2.24) is 9.78 Å². The Morgan fingerprint density at radius 2 is 1.81 bits per heavy atom. The van der Waals surface area contributed by atoms with E-state index < -0.39 is 6.36 Å². The number of aromatic nitrogens is 2. The minimum Gasteiger partial charge on any atom is -0.406 e. The number of hydrogen-bond acceptors (Lipinski definition) is 3. The van der Waals surface area contributed by atoms with Gasteiger partial charge < -0.3 is 4.74 Å². The van der Waals surface area contributed by atoms with Crippen molar-refractivity contribution in [3.8, 4) is 23.3 Å². The number of hydrogen-bond donors (Lipinski definition) is 0. The molecule has 138 valence electrons. The zero-order chi connectivity index (χ0) is 19.1. The zero-order valence-electron chi connectivity index (χ0n) is 14.3. The average Bonchev–Trinajstić information content (AvgIpc) is 3.12. The number of aliphatic imine (C=N–C) groups is 1. The summed E-state index contributed by atoms with van der Waals surface area (Å²) in [5.41, 5.74) is 1.93. The van der Waals surface area contributed by atoms with E-state index in [4.69, 9.17) is 0 Å². The Kier molecular flexibility index (Phi) is 5.77. The second-order valence-electron chi connectivity index (χ2n) is 5.70. The summed E-state index contributed by atoms with van der Waals surface area (Å²) in [4.78, 5) is 4.30. The monoisotopic (exact) mass is 371 g/mol. The van der Waals surface area contributed by atoms with Gasteiger partial charge in [-0.05, 0) is 55.5 Å². The molecule has 1 aromatic carbocycles. The highest BCUT2D eigenvalue weighted by atomic mass is 19.4. The highest BCUT2D eigenvalue weighted by Crippen LogP contribution is 2.23. The van der Waals surface area contributed by atoms with E-state index in [1.165, 1.54) is 28.9 Å². The molecule has 0 spiro atoms. The van der Waals surface area contributed by atoms with Crippen molar-refractivity contribution in [2.75, 3.05) is 0 Å². The van der Waals surface area contributed by atoms with E-state index in [1.54, 1.807) is 18.6 Å². The maximum Gasteiger partial charge on any atom is 0.573 e. The van der Waals surface area contributed by atoms with Crippen molar-refractivity contribution in [3.63, 3.8) is 0 Å². The summed E-state index contributed by atoms with van der Waals surface area (Å²) >= 11 is 0. The molecule has 0 fully saturated rings. The van der Waals surface area contributed by atoms with E-state index >= 15 is 0 Å². The van der Waals surface area contributed by atoms with Crippen molar-refractivity contribution in [3.05, 3.63) is 66.7 Å². The second kappa shape index (κ2) is 8.41. The number of nitrogens with zero attached hydrogens (tertiary/aromatic N) is 3. The molecule has 0 radical (unpaired) electrons. The van der Waals surface area contributed by atoms with Crippen LogP contribution >= 0.6 is 0 Å². The molecule has 27 heavy (non-hydrogen) atoms. The van der Waals surface area contributed by atoms with Crippen LogP contribution in [-0.4, -0.2) is 21.9 Å². The Morgan fingerprint density at radius 3 is 2.59 bits per heavy atom. The maximum atomic E-state index is 12.2. The third-order valence-electron chi connectivity index (χ3n) is 3.59. The van der Waals surface area contributed by atoms with Gasteiger partial charge in [-0.3, -0.25) is 0 Å². The van der Waals surface area contributed by atoms with E-state index in [-0.39, 0.29) is 5.75 Å². The Bertz CT molecular complexity index is 926. The van der Waals surface area contributed by atoms with Crippen molar-refractivity contribution >= 4 is 5.71 Å². The SMILES string of the molecule is FC(F)(F)Oc1ccc(-n2cc(C#CC3=N/C=C\CCC/C=C\3)cn2)cc1. The number of benzene rings is 1. The average molecular weight is 371 g/mol. The Hall–Kier alpha value is -3.27. The molecule has 7 heteroatoms. The topological polar surface area (TPSA) is 39.4 Å². The van der Waals surface area contributed by atoms with Crippen molar-refractivity contribution in [2.24, 2.45) is 4.99 Å². The molecule has 1 aliphatic rings. The van der Waals surface area contributed by atoms with Crippen LogP contribution in [0.4, 0.5) is 13.2 Å². The van der Waals surface area contributed by atoms with Gasteiger partial charge in [0.25, 0.3) is 0 Å². The van der Waals surface area contributed by atoms with Gasteiger partial charge in [0.2, 0.25) is 0 Å². The molecule has 0 saturated heterocycles. The van der Waals surface area contributed by atoms with Crippen LogP contribution < -0.4 is 4.74 Å². The van der Waals surface area contributed by atoms with E-state index in [1.807, 2.05) is 12.2 Å². The highest BCUT2D eigenvalue weighted by Gasteiger charge is 2.30. The Balaban J connectivity index is 1.73. The lowest BCUT2D eigenvalue weighted by molar-refractivity contribution is -0.274. The van der Waals surface area contributed by atoms with Crippen LogP contribution in [0, 0.1) is 11.8 Å². The predicted octanol–water partition coefficient (Wildman–Crippen LogP) is 4.82. The predicted molar refractivity (Wildman–Crippen MR) is 96.7 cm³/mol. The fraction of sp³-hybridized carbons (Fsp3) is 0.200. The lowest BCUT2D eigenvalue weighted by Gasteiger charge is -2.09. The molecule has 0 aliphatic carbocycles. The molecule has 4 nitrogen and oxygen atoms in total. The molecule has 1 aromatic heterocycles. The third-order valence-corrected chi connectivity index (χ3v) is 3.59. The Labute approximate surface area is 154 Å². The minimum absolute atomic E-state index is 0.281. The smallest absolute Gasteiger partial charge is 0.406 e. The van der Waals surface area contributed by atoms with Crippen LogP contribution in [0.2, 0.25) is 0 Å². The minimum atomic E-state index is -4.71. The van der Waals surface area contributed by atoms with Gasteiger partial charge in [-0.1, -0.05) is 18.1 Å². The van der Waals surface area contributed by atoms with Crippen LogP contribution in [0.15, 0.2) is 66.1 Å². The first-order chi connectivity index (χ1) is 13.0. The summed E-state index contributed by atoms with van der Waals surface area (Å²) < 4.78 is 42.0. The summed E-state index contributed by atoms with van der Waals surface area (Å²) in [6.07, 6.45) is 9.35. The largest absolute Gasteiger partial charge is 0.573 e. The first kappa shape index (κ1) is 18.5. The zero-order valence-corrected chi connectivity index (χ0v) is 14.3. The van der Waals surface area contributed by atoms with Crippen LogP contribution in [0.1, 0.15) is 24.8 Å². The van der Waals surface area contributed by atoms with Crippen molar-refractivity contribution in [1.29, 1.82) is 0 Å². The van der Waals surface area contributed by atoms with Gasteiger partial charge >= 0.3 is 6.36 Å². The normalized spacial score (nSPS) is 18.7. The quantitative estimate of drug-likeness (QED) is 0.710. The number of ether oxygens (including phenoxy) is 1. The van der Waals surface area contributed by atoms with Gasteiger partial charge in [0, 0.05) is 12.4 Å².